The molecular formula is C43H53IrN2O2S-. The number of aliphatic hydroxyl groups is 1. The van der Waals surface area contributed by atoms with E-state index in [9.17, 15) is 9.90 Å². The van der Waals surface area contributed by atoms with Crippen LogP contribution >= 0.6 is 11.3 Å². The molecule has 0 aliphatic carbocycles. The number of hydrogen-bond acceptors (Lipinski definition) is 5. The third-order valence-corrected chi connectivity index (χ3v) is 10.1. The van der Waals surface area contributed by atoms with E-state index in [0.29, 0.717) is 5.92 Å². The standard InChI is InChI=1S/C30H29N2S.C13H24O2.Ir/c1-19(2)14-23-18-33-28-11-10-26(32-29(23)28)21-12-13-31-27(17-21)22-15-20-8-6-7-9-24(20)25(16-22)30(3,4)5;1-5-10(6-2)12(14)9-13(15)11(7-3)8-4;/h6-13,16-19H,14H2,1-5H3;9-11,14H,5-8H2,1-4H3;/q-1;;/b;12-9-;. The molecule has 5 rings (SSSR count). The zero-order chi connectivity index (χ0) is 35.0. The fourth-order valence-corrected chi connectivity index (χ4v) is 7.12. The van der Waals surface area contributed by atoms with E-state index in [1.165, 1.54) is 27.3 Å². The van der Waals surface area contributed by atoms with E-state index in [4.69, 9.17) is 9.97 Å². The van der Waals surface area contributed by atoms with E-state index < -0.39 is 0 Å². The topological polar surface area (TPSA) is 63.1 Å². The van der Waals surface area contributed by atoms with E-state index in [2.05, 4.69) is 101 Å². The van der Waals surface area contributed by atoms with Crippen molar-refractivity contribution in [3.05, 3.63) is 95.2 Å². The molecule has 2 aromatic carbocycles. The Labute approximate surface area is 311 Å². The van der Waals surface area contributed by atoms with Crippen molar-refractivity contribution in [2.24, 2.45) is 17.8 Å². The van der Waals surface area contributed by atoms with Crippen LogP contribution in [0.5, 0.6) is 0 Å². The van der Waals surface area contributed by atoms with Crippen LogP contribution in [0, 0.1) is 23.8 Å². The predicted molar refractivity (Wildman–Crippen MR) is 206 cm³/mol. The van der Waals surface area contributed by atoms with Gasteiger partial charge in [-0.25, -0.2) is 4.98 Å². The summed E-state index contributed by atoms with van der Waals surface area (Å²) >= 11 is 1.78. The summed E-state index contributed by atoms with van der Waals surface area (Å²) in [6.45, 7) is 19.4. The molecule has 0 fully saturated rings. The fourth-order valence-electron chi connectivity index (χ4n) is 6.21. The van der Waals surface area contributed by atoms with Crippen molar-refractivity contribution in [1.82, 2.24) is 9.97 Å². The SMILES string of the molecule is CC(C)Cc1csc2ccc(-c3ccnc(-c4[c-]c5ccccc5c(C(C)(C)C)c4)c3)nc12.CCC(CC)C(=O)/C=C(\O)C(CC)CC.[Ir]. The van der Waals surface area contributed by atoms with E-state index >= 15 is 0 Å². The molecule has 0 unspecified atom stereocenters. The Morgan fingerprint density at radius 3 is 2.22 bits per heavy atom. The van der Waals surface area contributed by atoms with Gasteiger partial charge in [-0.15, -0.1) is 40.5 Å². The van der Waals surface area contributed by atoms with Gasteiger partial charge < -0.3 is 5.11 Å². The Morgan fingerprint density at radius 1 is 0.918 bits per heavy atom. The molecular weight excluding hydrogens is 801 g/mol. The van der Waals surface area contributed by atoms with Crippen molar-refractivity contribution < 1.29 is 30.0 Å². The Balaban J connectivity index is 0.000000347. The van der Waals surface area contributed by atoms with E-state index in [0.717, 1.165) is 65.5 Å². The molecule has 49 heavy (non-hydrogen) atoms. The maximum atomic E-state index is 11.7. The number of aliphatic hydroxyl groups excluding tert-OH is 1. The molecule has 0 spiro atoms. The number of thiophene rings is 1. The Kier molecular flexibility index (Phi) is 14.9. The molecule has 1 N–H and O–H groups in total. The summed E-state index contributed by atoms with van der Waals surface area (Å²) in [7, 11) is 0. The van der Waals surface area contributed by atoms with Crippen LogP contribution in [-0.2, 0) is 36.7 Å². The molecule has 6 heteroatoms. The predicted octanol–water partition coefficient (Wildman–Crippen LogP) is 12.3. The van der Waals surface area contributed by atoms with Gasteiger partial charge in [0.05, 0.1) is 21.7 Å². The van der Waals surface area contributed by atoms with E-state index in [-0.39, 0.29) is 48.9 Å². The average molecular weight is 854 g/mol. The zero-order valence-electron chi connectivity index (χ0n) is 30.7. The first-order chi connectivity index (χ1) is 22.9. The summed E-state index contributed by atoms with van der Waals surface area (Å²) in [4.78, 5) is 21.5. The molecule has 5 aromatic rings. The summed E-state index contributed by atoms with van der Waals surface area (Å²) in [5, 5.41) is 14.4. The number of ketones is 1. The number of rotatable bonds is 11. The van der Waals surface area contributed by atoms with E-state index in [1.54, 1.807) is 11.3 Å². The van der Waals surface area contributed by atoms with Gasteiger partial charge in [0, 0.05) is 49.9 Å². The van der Waals surface area contributed by atoms with Crippen LogP contribution in [0.1, 0.15) is 99.1 Å². The van der Waals surface area contributed by atoms with Crippen LogP contribution in [0.4, 0.5) is 0 Å². The maximum absolute atomic E-state index is 11.7. The van der Waals surface area contributed by atoms with Crippen LogP contribution in [0.2, 0.25) is 0 Å². The summed E-state index contributed by atoms with van der Waals surface area (Å²) in [6, 6.07) is 22.9. The molecule has 0 saturated carbocycles. The Hall–Kier alpha value is -3.18. The quantitative estimate of drug-likeness (QED) is 0.0817. The zero-order valence-corrected chi connectivity index (χ0v) is 33.9. The smallest absolute Gasteiger partial charge is 0.162 e. The number of allylic oxidation sites excluding steroid dienone is 2. The molecule has 1 radical (unpaired) electrons. The van der Waals surface area contributed by atoms with Gasteiger partial charge >= 0.3 is 0 Å². The van der Waals surface area contributed by atoms with Gasteiger partial charge in [-0.1, -0.05) is 97.5 Å². The van der Waals surface area contributed by atoms with E-state index in [1.807, 2.05) is 33.9 Å². The normalized spacial score (nSPS) is 12.0. The van der Waals surface area contributed by atoms with Crippen LogP contribution in [0.3, 0.4) is 0 Å². The summed E-state index contributed by atoms with van der Waals surface area (Å²) in [6.07, 6.45) is 7.85. The first kappa shape index (κ1) is 40.3. The van der Waals surface area contributed by atoms with Crippen LogP contribution in [0.15, 0.2) is 78.0 Å². The minimum absolute atomic E-state index is 0. The number of benzene rings is 2. The second kappa shape index (κ2) is 18.2. The third kappa shape index (κ3) is 10.2. The van der Waals surface area contributed by atoms with Crippen molar-refractivity contribution in [3.8, 4) is 22.5 Å². The molecule has 0 saturated heterocycles. The molecule has 0 bridgehead atoms. The summed E-state index contributed by atoms with van der Waals surface area (Å²) in [5.41, 5.74) is 7.86. The van der Waals surface area contributed by atoms with Gasteiger partial charge in [-0.05, 0) is 78.1 Å². The van der Waals surface area contributed by atoms with Gasteiger partial charge in [0.25, 0.3) is 0 Å². The van der Waals surface area contributed by atoms with Gasteiger partial charge in [0.15, 0.2) is 5.78 Å². The summed E-state index contributed by atoms with van der Waals surface area (Å²) in [5.74, 6) is 1.16. The monoisotopic (exact) mass is 854 g/mol. The number of fused-ring (bicyclic) bond motifs is 2. The molecule has 4 nitrogen and oxygen atoms in total. The molecule has 3 aromatic heterocycles. The van der Waals surface area contributed by atoms with Crippen LogP contribution < -0.4 is 0 Å². The van der Waals surface area contributed by atoms with Gasteiger partial charge in [0.1, 0.15) is 0 Å². The molecule has 3 heterocycles. The van der Waals surface area contributed by atoms with Crippen LogP contribution in [-0.4, -0.2) is 20.9 Å². The molecule has 0 atom stereocenters. The summed E-state index contributed by atoms with van der Waals surface area (Å²) < 4.78 is 1.25. The average Bonchev–Trinajstić information content (AvgIpc) is 3.46. The Bertz CT molecular complexity index is 1860. The minimum Gasteiger partial charge on any atom is -0.512 e. The van der Waals surface area contributed by atoms with Crippen molar-refractivity contribution in [3.63, 3.8) is 0 Å². The fraction of sp³-hybridized carbons (Fsp3) is 0.419. The number of hydrogen-bond donors (Lipinski definition) is 1. The van der Waals surface area contributed by atoms with Gasteiger partial charge in [0.2, 0.25) is 0 Å². The number of pyridine rings is 2. The van der Waals surface area contributed by atoms with Gasteiger partial charge in [-0.2, -0.15) is 0 Å². The number of nitrogens with zero attached hydrogens (tertiary/aromatic N) is 2. The minimum atomic E-state index is 0. The van der Waals surface area contributed by atoms with Crippen molar-refractivity contribution in [1.29, 1.82) is 0 Å². The second-order valence-electron chi connectivity index (χ2n) is 14.2. The number of carbonyl (C=O) groups excluding carboxylic acids is 1. The number of aromatic nitrogens is 2. The third-order valence-electron chi connectivity index (χ3n) is 9.12. The molecule has 0 amide bonds. The molecule has 0 aliphatic rings. The maximum Gasteiger partial charge on any atom is 0.162 e. The number of carbonyl (C=O) groups is 1. The van der Waals surface area contributed by atoms with Crippen molar-refractivity contribution in [2.75, 3.05) is 0 Å². The first-order valence-electron chi connectivity index (χ1n) is 17.6. The van der Waals surface area contributed by atoms with Crippen molar-refractivity contribution >= 4 is 38.1 Å². The Morgan fingerprint density at radius 2 is 1.59 bits per heavy atom. The van der Waals surface area contributed by atoms with Gasteiger partial charge in [-0.3, -0.25) is 9.78 Å². The molecule has 0 aliphatic heterocycles. The van der Waals surface area contributed by atoms with Crippen molar-refractivity contribution in [2.45, 2.75) is 99.8 Å². The first-order valence-corrected chi connectivity index (χ1v) is 18.5. The van der Waals surface area contributed by atoms with Crippen LogP contribution in [0.25, 0.3) is 43.5 Å². The largest absolute Gasteiger partial charge is 0.512 e. The second-order valence-corrected chi connectivity index (χ2v) is 15.1. The molecule has 263 valence electrons.